The van der Waals surface area contributed by atoms with Crippen LogP contribution < -0.4 is 16.4 Å². The van der Waals surface area contributed by atoms with E-state index in [1.807, 2.05) is 42.6 Å². The van der Waals surface area contributed by atoms with Gasteiger partial charge in [0.15, 0.2) is 5.69 Å². The van der Waals surface area contributed by atoms with Crippen molar-refractivity contribution in [1.29, 1.82) is 0 Å². The molecule has 0 spiro atoms. The second kappa shape index (κ2) is 9.36. The first-order valence-corrected chi connectivity index (χ1v) is 10.6. The molecule has 0 bridgehead atoms. The molecule has 0 aliphatic rings. The van der Waals surface area contributed by atoms with Gasteiger partial charge in [0, 0.05) is 16.8 Å². The highest BCUT2D eigenvalue weighted by atomic mass is 32.1. The lowest BCUT2D eigenvalue weighted by atomic mass is 10.1. The minimum atomic E-state index is -0.630. The van der Waals surface area contributed by atoms with Crippen molar-refractivity contribution in [2.45, 2.75) is 13.5 Å². The van der Waals surface area contributed by atoms with Crippen molar-refractivity contribution in [3.8, 4) is 0 Å². The van der Waals surface area contributed by atoms with Crippen LogP contribution in [0.1, 0.15) is 26.8 Å². The lowest BCUT2D eigenvalue weighted by Crippen LogP contribution is -2.42. The smallest absolute Gasteiger partial charge is 0.268 e. The van der Waals surface area contributed by atoms with Gasteiger partial charge in [-0.3, -0.25) is 25.2 Å². The second-order valence-corrected chi connectivity index (χ2v) is 7.97. The van der Waals surface area contributed by atoms with Gasteiger partial charge in [-0.2, -0.15) is 5.10 Å². The highest BCUT2D eigenvalue weighted by Gasteiger charge is 2.17. The lowest BCUT2D eigenvalue weighted by Gasteiger charge is -2.11. The number of hydrazine groups is 1. The molecule has 2 N–H and O–H groups in total. The van der Waals surface area contributed by atoms with Gasteiger partial charge in [0.05, 0.1) is 22.6 Å². The van der Waals surface area contributed by atoms with Crippen molar-refractivity contribution in [3.05, 3.63) is 98.4 Å². The number of amides is 2. The van der Waals surface area contributed by atoms with E-state index in [-0.39, 0.29) is 17.8 Å². The minimum absolute atomic E-state index is 0.0375. The van der Waals surface area contributed by atoms with Crippen molar-refractivity contribution < 1.29 is 9.59 Å². The molecule has 0 unspecified atom stereocenters. The van der Waals surface area contributed by atoms with E-state index in [1.54, 1.807) is 30.3 Å². The molecule has 9 heteroatoms. The van der Waals surface area contributed by atoms with Gasteiger partial charge in [0.2, 0.25) is 0 Å². The number of nitrogens with zero attached hydrogens (tertiary/aromatic N) is 3. The normalized spacial score (nSPS) is 11.0. The van der Waals surface area contributed by atoms with Crippen molar-refractivity contribution in [3.63, 3.8) is 0 Å². The fourth-order valence-electron chi connectivity index (χ4n) is 3.10. The fraction of sp³-hybridized carbons (Fsp3) is 0.0870. The molecule has 0 aliphatic carbocycles. The number of rotatable bonds is 5. The Kier molecular flexibility index (Phi) is 6.18. The average molecular weight is 446 g/mol. The van der Waals surface area contributed by atoms with E-state index in [0.29, 0.717) is 16.5 Å². The standard InChI is InChI=1S/C23H19N5O3S/c1-15-24-17(14-32-15)11-12-20(29)25-26-22(30)21-18-9-5-6-10-19(18)23(31)28(27-21)13-16-7-3-2-4-8-16/h2-12,14H,13H2,1H3,(H,25,29)(H,26,30)/b12-11+. The zero-order valence-electron chi connectivity index (χ0n) is 17.1. The van der Waals surface area contributed by atoms with E-state index >= 15 is 0 Å². The van der Waals surface area contributed by atoms with Crippen LogP contribution in [0.15, 0.2) is 70.8 Å². The Hall–Kier alpha value is -4.11. The number of fused-ring (bicyclic) bond motifs is 1. The number of carbonyl (C=O) groups is 2. The molecule has 32 heavy (non-hydrogen) atoms. The first-order valence-electron chi connectivity index (χ1n) is 9.75. The SMILES string of the molecule is Cc1nc(/C=C/C(=O)NNC(=O)c2nn(Cc3ccccc3)c(=O)c3ccccc23)cs1. The highest BCUT2D eigenvalue weighted by Crippen LogP contribution is 2.14. The van der Waals surface area contributed by atoms with E-state index < -0.39 is 11.8 Å². The van der Waals surface area contributed by atoms with Crippen molar-refractivity contribution in [2.24, 2.45) is 0 Å². The molecule has 0 saturated carbocycles. The van der Waals surface area contributed by atoms with E-state index in [1.165, 1.54) is 22.1 Å². The third-order valence-corrected chi connectivity index (χ3v) is 5.39. The first kappa shape index (κ1) is 21.1. The van der Waals surface area contributed by atoms with Gasteiger partial charge in [-0.1, -0.05) is 48.5 Å². The number of aryl methyl sites for hydroxylation is 1. The summed E-state index contributed by atoms with van der Waals surface area (Å²) in [5.41, 5.74) is 5.96. The van der Waals surface area contributed by atoms with Crippen molar-refractivity contribution in [1.82, 2.24) is 25.6 Å². The molecule has 2 heterocycles. The van der Waals surface area contributed by atoms with Gasteiger partial charge in [-0.15, -0.1) is 11.3 Å². The van der Waals surface area contributed by atoms with Crippen molar-refractivity contribution in [2.75, 3.05) is 0 Å². The molecule has 2 aromatic heterocycles. The van der Waals surface area contributed by atoms with Crippen LogP contribution in [-0.4, -0.2) is 26.6 Å². The molecule has 4 rings (SSSR count). The fourth-order valence-corrected chi connectivity index (χ4v) is 3.68. The molecule has 4 aromatic rings. The molecular formula is C23H19N5O3S. The number of hydrogen-bond acceptors (Lipinski definition) is 6. The van der Waals surface area contributed by atoms with E-state index in [4.69, 9.17) is 0 Å². The summed E-state index contributed by atoms with van der Waals surface area (Å²) < 4.78 is 1.25. The molecule has 0 saturated heterocycles. The van der Waals surface area contributed by atoms with Gasteiger partial charge in [0.1, 0.15) is 0 Å². The molecule has 2 amide bonds. The van der Waals surface area contributed by atoms with Crippen LogP contribution >= 0.6 is 11.3 Å². The van der Waals surface area contributed by atoms with Crippen LogP contribution in [0, 0.1) is 6.92 Å². The summed E-state index contributed by atoms with van der Waals surface area (Å²) in [5, 5.41) is 7.77. The molecule has 0 aliphatic heterocycles. The van der Waals surface area contributed by atoms with Gasteiger partial charge < -0.3 is 0 Å². The maximum Gasteiger partial charge on any atom is 0.290 e. The van der Waals surface area contributed by atoms with Crippen LogP contribution in [0.5, 0.6) is 0 Å². The summed E-state index contributed by atoms with van der Waals surface area (Å²) in [7, 11) is 0. The Morgan fingerprint density at radius 2 is 1.75 bits per heavy atom. The molecule has 0 radical (unpaired) electrons. The van der Waals surface area contributed by atoms with Crippen molar-refractivity contribution >= 4 is 40.0 Å². The van der Waals surface area contributed by atoms with E-state index in [2.05, 4.69) is 20.9 Å². The summed E-state index contributed by atoms with van der Waals surface area (Å²) in [6.45, 7) is 2.09. The Balaban J connectivity index is 1.56. The number of nitrogens with one attached hydrogen (secondary N) is 2. The molecular weight excluding hydrogens is 426 g/mol. The number of aromatic nitrogens is 3. The zero-order valence-corrected chi connectivity index (χ0v) is 17.9. The Morgan fingerprint density at radius 1 is 1.03 bits per heavy atom. The average Bonchev–Trinajstić information content (AvgIpc) is 3.23. The van der Waals surface area contributed by atoms with Gasteiger partial charge in [-0.25, -0.2) is 9.67 Å². The Bertz CT molecular complexity index is 1380. The topological polar surface area (TPSA) is 106 Å². The minimum Gasteiger partial charge on any atom is -0.268 e. The second-order valence-electron chi connectivity index (χ2n) is 6.91. The molecule has 0 fully saturated rings. The highest BCUT2D eigenvalue weighted by molar-refractivity contribution is 7.09. The van der Waals surface area contributed by atoms with E-state index in [0.717, 1.165) is 10.6 Å². The maximum absolute atomic E-state index is 12.9. The summed E-state index contributed by atoms with van der Waals surface area (Å²) in [6, 6.07) is 16.1. The van der Waals surface area contributed by atoms with Crippen LogP contribution in [0.25, 0.3) is 16.8 Å². The number of benzene rings is 2. The third kappa shape index (κ3) is 4.79. The predicted molar refractivity (Wildman–Crippen MR) is 123 cm³/mol. The molecule has 8 nitrogen and oxygen atoms in total. The van der Waals surface area contributed by atoms with Gasteiger partial charge in [-0.05, 0) is 24.6 Å². The summed E-state index contributed by atoms with van der Waals surface area (Å²) in [6.07, 6.45) is 2.83. The van der Waals surface area contributed by atoms with Crippen LogP contribution in [0.2, 0.25) is 0 Å². The van der Waals surface area contributed by atoms with Gasteiger partial charge >= 0.3 is 0 Å². The Labute approximate surface area is 187 Å². The van der Waals surface area contributed by atoms with Crippen LogP contribution in [-0.2, 0) is 11.3 Å². The summed E-state index contributed by atoms with van der Waals surface area (Å²) in [4.78, 5) is 42.0. The maximum atomic E-state index is 12.9. The number of hydrogen-bond donors (Lipinski definition) is 2. The predicted octanol–water partition coefficient (Wildman–Crippen LogP) is 2.68. The number of thiazole rings is 1. The molecule has 160 valence electrons. The molecule has 2 aromatic carbocycles. The quantitative estimate of drug-likeness (QED) is 0.363. The summed E-state index contributed by atoms with van der Waals surface area (Å²) in [5.74, 6) is -1.15. The number of carbonyl (C=O) groups excluding carboxylic acids is 2. The van der Waals surface area contributed by atoms with Gasteiger partial charge in [0.25, 0.3) is 17.4 Å². The lowest BCUT2D eigenvalue weighted by molar-refractivity contribution is -0.117. The largest absolute Gasteiger partial charge is 0.290 e. The Morgan fingerprint density at radius 3 is 2.47 bits per heavy atom. The van der Waals surface area contributed by atoms with Crippen LogP contribution in [0.4, 0.5) is 0 Å². The first-order chi connectivity index (χ1) is 15.5. The monoisotopic (exact) mass is 445 g/mol. The summed E-state index contributed by atoms with van der Waals surface area (Å²) >= 11 is 1.48. The zero-order chi connectivity index (χ0) is 22.5. The van der Waals surface area contributed by atoms with E-state index in [9.17, 15) is 14.4 Å². The van der Waals surface area contributed by atoms with Crippen LogP contribution in [0.3, 0.4) is 0 Å². The molecule has 0 atom stereocenters. The third-order valence-electron chi connectivity index (χ3n) is 4.60.